The molecule has 0 saturated carbocycles. The molecule has 0 bridgehead atoms. The summed E-state index contributed by atoms with van der Waals surface area (Å²) in [5.41, 5.74) is 4.54. The summed E-state index contributed by atoms with van der Waals surface area (Å²) in [5.74, 6) is 6.83. The molecule has 5 rings (SSSR count). The van der Waals surface area contributed by atoms with Crippen molar-refractivity contribution in [3.05, 3.63) is 131 Å². The topological polar surface area (TPSA) is 0 Å². The van der Waals surface area contributed by atoms with Crippen LogP contribution in [0.2, 0.25) is 0 Å². The normalized spacial score (nSPS) is 10.9. The Labute approximate surface area is 177 Å². The Kier molecular flexibility index (Phi) is 4.86. The van der Waals surface area contributed by atoms with Crippen molar-refractivity contribution in [1.29, 1.82) is 0 Å². The van der Waals surface area contributed by atoms with E-state index in [1.807, 2.05) is 36.4 Å². The van der Waals surface area contributed by atoms with Crippen molar-refractivity contribution in [3.8, 4) is 11.8 Å². The van der Waals surface area contributed by atoms with E-state index in [9.17, 15) is 0 Å². The molecule has 0 aliphatic heterocycles. The van der Waals surface area contributed by atoms with E-state index in [2.05, 4.69) is 96.8 Å². The second-order valence-corrected chi connectivity index (χ2v) is 7.24. The van der Waals surface area contributed by atoms with Crippen molar-refractivity contribution < 1.29 is 0 Å². The highest BCUT2D eigenvalue weighted by molar-refractivity contribution is 6.12. The highest BCUT2D eigenvalue weighted by atomic mass is 14.1. The summed E-state index contributed by atoms with van der Waals surface area (Å²) in [4.78, 5) is 0. The molecule has 0 fully saturated rings. The van der Waals surface area contributed by atoms with E-state index < -0.39 is 0 Å². The third-order valence-electron chi connectivity index (χ3n) is 5.32. The zero-order valence-corrected chi connectivity index (χ0v) is 16.5. The van der Waals surface area contributed by atoms with Gasteiger partial charge in [0.2, 0.25) is 0 Å². The standard InChI is InChI=1S/C30H20/c1-3-11-23(12-4-1)19-21-29-25-15-7-9-17-27(25)30(28-18-10-8-16-26(28)29)22-20-24-13-5-2-6-14-24/h1-19,21H/b21-19-. The number of fused-ring (bicyclic) bond motifs is 2. The Morgan fingerprint density at radius 3 is 1.53 bits per heavy atom. The first-order valence-electron chi connectivity index (χ1n) is 10.1. The van der Waals surface area contributed by atoms with Crippen LogP contribution in [0.3, 0.4) is 0 Å². The molecule has 0 radical (unpaired) electrons. The van der Waals surface area contributed by atoms with E-state index in [4.69, 9.17) is 0 Å². The zero-order valence-electron chi connectivity index (χ0n) is 16.5. The van der Waals surface area contributed by atoms with Crippen LogP contribution < -0.4 is 0 Å². The molecule has 0 heteroatoms. The maximum Gasteiger partial charge on any atom is 0.0406 e. The molecule has 0 heterocycles. The minimum atomic E-state index is 1.03. The maximum absolute atomic E-state index is 3.47. The first-order valence-corrected chi connectivity index (χ1v) is 10.1. The lowest BCUT2D eigenvalue weighted by Crippen LogP contribution is -1.89. The first-order chi connectivity index (χ1) is 14.9. The SMILES string of the molecule is C(#Cc1c2ccccc2c(/C=C\c2ccccc2)c2ccccc12)c1ccccc1. The fraction of sp³-hybridized carbons (Fsp3) is 0. The van der Waals surface area contributed by atoms with Crippen LogP contribution in [0.5, 0.6) is 0 Å². The molecule has 140 valence electrons. The molecule has 0 unspecified atom stereocenters. The molecular formula is C30H20. The molecule has 0 aromatic heterocycles. The molecule has 5 aromatic rings. The van der Waals surface area contributed by atoms with Gasteiger partial charge < -0.3 is 0 Å². The van der Waals surface area contributed by atoms with Gasteiger partial charge in [0.15, 0.2) is 0 Å². The second-order valence-electron chi connectivity index (χ2n) is 7.24. The lowest BCUT2D eigenvalue weighted by atomic mass is 9.91. The van der Waals surface area contributed by atoms with Gasteiger partial charge in [-0.25, -0.2) is 0 Å². The van der Waals surface area contributed by atoms with Crippen LogP contribution in [-0.4, -0.2) is 0 Å². The van der Waals surface area contributed by atoms with Crippen molar-refractivity contribution in [2.75, 3.05) is 0 Å². The molecule has 0 atom stereocenters. The van der Waals surface area contributed by atoms with Crippen LogP contribution in [0.25, 0.3) is 33.7 Å². The Morgan fingerprint density at radius 1 is 0.433 bits per heavy atom. The van der Waals surface area contributed by atoms with Crippen LogP contribution in [0.1, 0.15) is 22.3 Å². The van der Waals surface area contributed by atoms with E-state index in [1.54, 1.807) is 0 Å². The number of hydrogen-bond acceptors (Lipinski definition) is 0. The van der Waals surface area contributed by atoms with Crippen molar-refractivity contribution in [2.24, 2.45) is 0 Å². The molecule has 0 nitrogen and oxygen atoms in total. The lowest BCUT2D eigenvalue weighted by molar-refractivity contribution is 1.64. The second kappa shape index (κ2) is 8.11. The summed E-state index contributed by atoms with van der Waals surface area (Å²) in [6, 6.07) is 37.7. The fourth-order valence-electron chi connectivity index (χ4n) is 3.88. The van der Waals surface area contributed by atoms with E-state index in [0.717, 1.165) is 11.1 Å². The van der Waals surface area contributed by atoms with Gasteiger partial charge in [-0.05, 0) is 44.8 Å². The Morgan fingerprint density at radius 2 is 0.933 bits per heavy atom. The predicted octanol–water partition coefficient (Wildman–Crippen LogP) is 7.56. The van der Waals surface area contributed by atoms with Gasteiger partial charge in [-0.3, -0.25) is 0 Å². The molecule has 0 N–H and O–H groups in total. The average molecular weight is 380 g/mol. The van der Waals surface area contributed by atoms with Crippen molar-refractivity contribution in [2.45, 2.75) is 0 Å². The van der Waals surface area contributed by atoms with Crippen LogP contribution in [0.4, 0.5) is 0 Å². The number of benzene rings is 5. The van der Waals surface area contributed by atoms with Gasteiger partial charge in [0.1, 0.15) is 0 Å². The summed E-state index contributed by atoms with van der Waals surface area (Å²) in [7, 11) is 0. The van der Waals surface area contributed by atoms with Crippen molar-refractivity contribution in [3.63, 3.8) is 0 Å². The summed E-state index contributed by atoms with van der Waals surface area (Å²) in [6.07, 6.45) is 4.41. The van der Waals surface area contributed by atoms with Gasteiger partial charge in [0.05, 0.1) is 0 Å². The Hall–Kier alpha value is -4.08. The molecule has 0 spiro atoms. The van der Waals surface area contributed by atoms with E-state index in [1.165, 1.54) is 32.7 Å². The van der Waals surface area contributed by atoms with Gasteiger partial charge in [-0.1, -0.05) is 121 Å². The van der Waals surface area contributed by atoms with Crippen LogP contribution >= 0.6 is 0 Å². The molecule has 30 heavy (non-hydrogen) atoms. The summed E-state index contributed by atoms with van der Waals surface area (Å²) >= 11 is 0. The Bertz CT molecular complexity index is 1360. The molecule has 0 amide bonds. The highest BCUT2D eigenvalue weighted by Crippen LogP contribution is 2.33. The molecule has 5 aromatic carbocycles. The summed E-state index contributed by atoms with van der Waals surface area (Å²) in [6.45, 7) is 0. The summed E-state index contributed by atoms with van der Waals surface area (Å²) < 4.78 is 0. The molecule has 0 aliphatic rings. The van der Waals surface area contributed by atoms with Crippen LogP contribution in [0.15, 0.2) is 109 Å². The third kappa shape index (κ3) is 3.50. The smallest absolute Gasteiger partial charge is 0.0406 e. The van der Waals surface area contributed by atoms with E-state index in [-0.39, 0.29) is 0 Å². The number of hydrogen-bond donors (Lipinski definition) is 0. The van der Waals surface area contributed by atoms with E-state index >= 15 is 0 Å². The van der Waals surface area contributed by atoms with E-state index in [0.29, 0.717) is 0 Å². The molecule has 0 aliphatic carbocycles. The van der Waals surface area contributed by atoms with Gasteiger partial charge in [-0.2, -0.15) is 0 Å². The third-order valence-corrected chi connectivity index (χ3v) is 5.32. The van der Waals surface area contributed by atoms with Crippen molar-refractivity contribution >= 4 is 33.7 Å². The first kappa shape index (κ1) is 18.0. The highest BCUT2D eigenvalue weighted by Gasteiger charge is 2.10. The minimum absolute atomic E-state index is 1.03. The quantitative estimate of drug-likeness (QED) is 0.168. The summed E-state index contributed by atoms with van der Waals surface area (Å²) in [5, 5.41) is 4.82. The largest absolute Gasteiger partial charge is 0.0622 e. The van der Waals surface area contributed by atoms with Crippen molar-refractivity contribution in [1.82, 2.24) is 0 Å². The Balaban J connectivity index is 1.77. The monoisotopic (exact) mass is 380 g/mol. The van der Waals surface area contributed by atoms with Gasteiger partial charge in [0.25, 0.3) is 0 Å². The van der Waals surface area contributed by atoms with Gasteiger partial charge >= 0.3 is 0 Å². The lowest BCUT2D eigenvalue weighted by Gasteiger charge is -2.12. The maximum atomic E-state index is 3.47. The molecular weight excluding hydrogens is 360 g/mol. The predicted molar refractivity (Wildman–Crippen MR) is 129 cm³/mol. The zero-order chi connectivity index (χ0) is 20.2. The molecule has 0 saturated heterocycles. The number of rotatable bonds is 2. The average Bonchev–Trinajstić information content (AvgIpc) is 2.82. The van der Waals surface area contributed by atoms with Gasteiger partial charge in [0, 0.05) is 11.1 Å². The minimum Gasteiger partial charge on any atom is -0.0622 e. The van der Waals surface area contributed by atoms with Gasteiger partial charge in [-0.15, -0.1) is 0 Å². The fourth-order valence-corrected chi connectivity index (χ4v) is 3.88. The van der Waals surface area contributed by atoms with Crippen LogP contribution in [0, 0.1) is 11.8 Å². The van der Waals surface area contributed by atoms with Crippen LogP contribution in [-0.2, 0) is 0 Å².